The normalized spacial score (nSPS) is 16.2. The van der Waals surface area contributed by atoms with Crippen molar-refractivity contribution in [3.8, 4) is 0 Å². The van der Waals surface area contributed by atoms with Gasteiger partial charge in [0.15, 0.2) is 0 Å². The first-order valence-corrected chi connectivity index (χ1v) is 6.83. The van der Waals surface area contributed by atoms with Crippen LogP contribution in [-0.4, -0.2) is 54.0 Å². The van der Waals surface area contributed by atoms with Crippen molar-refractivity contribution in [2.75, 3.05) is 26.2 Å². The van der Waals surface area contributed by atoms with Gasteiger partial charge in [-0.05, 0) is 12.1 Å². The standard InChI is InChI=1S/C14H12F6N2O2/c15-13(16,17)10-4-2-1-3-9(10)11(23)21-5-7-22(8-6-21)12(24)14(18,19)20/h1-4H,5-8H2. The van der Waals surface area contributed by atoms with Crippen molar-refractivity contribution in [3.63, 3.8) is 0 Å². The predicted molar refractivity (Wildman–Crippen MR) is 70.0 cm³/mol. The number of hydrogen-bond donors (Lipinski definition) is 0. The van der Waals surface area contributed by atoms with Gasteiger partial charge in [0.2, 0.25) is 0 Å². The van der Waals surface area contributed by atoms with Crippen LogP contribution in [0.3, 0.4) is 0 Å². The Bertz CT molecular complexity index is 633. The molecule has 0 unspecified atom stereocenters. The molecule has 0 N–H and O–H groups in total. The molecule has 0 bridgehead atoms. The van der Waals surface area contributed by atoms with Gasteiger partial charge in [0.25, 0.3) is 5.91 Å². The quantitative estimate of drug-likeness (QED) is 0.728. The maximum Gasteiger partial charge on any atom is 0.471 e. The molecular formula is C14H12F6N2O2. The molecule has 4 nitrogen and oxygen atoms in total. The van der Waals surface area contributed by atoms with Crippen LogP contribution < -0.4 is 0 Å². The fourth-order valence-electron chi connectivity index (χ4n) is 2.38. The second kappa shape index (κ2) is 6.33. The van der Waals surface area contributed by atoms with E-state index in [1.54, 1.807) is 0 Å². The van der Waals surface area contributed by atoms with Crippen molar-refractivity contribution >= 4 is 11.8 Å². The Labute approximate surface area is 132 Å². The minimum atomic E-state index is -5.02. The van der Waals surface area contributed by atoms with E-state index in [9.17, 15) is 35.9 Å². The fourth-order valence-corrected chi connectivity index (χ4v) is 2.38. The summed E-state index contributed by atoms with van der Waals surface area (Å²) < 4.78 is 75.8. The molecule has 0 radical (unpaired) electrons. The van der Waals surface area contributed by atoms with Crippen molar-refractivity contribution in [1.82, 2.24) is 9.80 Å². The first kappa shape index (κ1) is 18.1. The number of alkyl halides is 6. The lowest BCUT2D eigenvalue weighted by Gasteiger charge is -2.35. The Morgan fingerprint density at radius 3 is 1.83 bits per heavy atom. The van der Waals surface area contributed by atoms with Crippen molar-refractivity contribution in [2.45, 2.75) is 12.4 Å². The summed E-state index contributed by atoms with van der Waals surface area (Å²) in [5, 5.41) is 0. The van der Waals surface area contributed by atoms with Crippen LogP contribution in [0.4, 0.5) is 26.3 Å². The van der Waals surface area contributed by atoms with E-state index in [0.29, 0.717) is 4.90 Å². The van der Waals surface area contributed by atoms with Crippen LogP contribution in [0.1, 0.15) is 15.9 Å². The number of nitrogens with zero attached hydrogens (tertiary/aromatic N) is 2. The number of carbonyl (C=O) groups is 2. The van der Waals surface area contributed by atoms with Gasteiger partial charge in [-0.1, -0.05) is 12.1 Å². The summed E-state index contributed by atoms with van der Waals surface area (Å²) in [5.41, 5.74) is -1.68. The Hall–Kier alpha value is -2.26. The molecule has 1 fully saturated rings. The van der Waals surface area contributed by atoms with E-state index in [1.807, 2.05) is 0 Å². The topological polar surface area (TPSA) is 40.6 Å². The fraction of sp³-hybridized carbons (Fsp3) is 0.429. The molecule has 0 aliphatic carbocycles. The molecule has 2 amide bonds. The molecule has 1 aromatic carbocycles. The molecule has 1 aromatic rings. The Morgan fingerprint density at radius 1 is 0.833 bits per heavy atom. The molecule has 1 aliphatic heterocycles. The molecule has 0 spiro atoms. The summed E-state index contributed by atoms with van der Waals surface area (Å²) in [6.45, 7) is -1.32. The zero-order chi connectivity index (χ0) is 18.1. The van der Waals surface area contributed by atoms with Gasteiger partial charge in [0, 0.05) is 26.2 Å². The Balaban J connectivity index is 2.11. The van der Waals surface area contributed by atoms with Gasteiger partial charge in [-0.2, -0.15) is 26.3 Å². The van der Waals surface area contributed by atoms with E-state index in [-0.39, 0.29) is 13.1 Å². The van der Waals surface area contributed by atoms with Gasteiger partial charge in [-0.3, -0.25) is 9.59 Å². The van der Waals surface area contributed by atoms with Crippen LogP contribution in [-0.2, 0) is 11.0 Å². The molecule has 1 saturated heterocycles. The van der Waals surface area contributed by atoms with Crippen molar-refractivity contribution in [1.29, 1.82) is 0 Å². The van der Waals surface area contributed by atoms with Gasteiger partial charge in [-0.15, -0.1) is 0 Å². The molecule has 0 atom stereocenters. The highest BCUT2D eigenvalue weighted by molar-refractivity contribution is 5.96. The van der Waals surface area contributed by atoms with E-state index < -0.39 is 48.4 Å². The summed E-state index contributed by atoms with van der Waals surface area (Å²) in [7, 11) is 0. The monoisotopic (exact) mass is 354 g/mol. The van der Waals surface area contributed by atoms with E-state index in [4.69, 9.17) is 0 Å². The predicted octanol–water partition coefficient (Wildman–Crippen LogP) is 2.55. The van der Waals surface area contributed by atoms with Gasteiger partial charge in [0.1, 0.15) is 0 Å². The first-order valence-electron chi connectivity index (χ1n) is 6.83. The van der Waals surface area contributed by atoms with Gasteiger partial charge in [-0.25, -0.2) is 0 Å². The van der Waals surface area contributed by atoms with Crippen LogP contribution in [0.5, 0.6) is 0 Å². The maximum absolute atomic E-state index is 12.9. The molecular weight excluding hydrogens is 342 g/mol. The summed E-state index contributed by atoms with van der Waals surface area (Å²) >= 11 is 0. The second-order valence-electron chi connectivity index (χ2n) is 5.13. The molecule has 0 saturated carbocycles. The smallest absolute Gasteiger partial charge is 0.335 e. The lowest BCUT2D eigenvalue weighted by Crippen LogP contribution is -2.53. The number of benzene rings is 1. The number of halogens is 6. The van der Waals surface area contributed by atoms with E-state index >= 15 is 0 Å². The summed E-state index contributed by atoms with van der Waals surface area (Å²) in [6.07, 6.45) is -9.74. The van der Waals surface area contributed by atoms with E-state index in [2.05, 4.69) is 0 Å². The largest absolute Gasteiger partial charge is 0.471 e. The third kappa shape index (κ3) is 3.80. The van der Waals surface area contributed by atoms with Gasteiger partial charge in [0.05, 0.1) is 11.1 Å². The molecule has 10 heteroatoms. The lowest BCUT2D eigenvalue weighted by molar-refractivity contribution is -0.186. The zero-order valence-electron chi connectivity index (χ0n) is 12.1. The second-order valence-corrected chi connectivity index (χ2v) is 5.13. The number of hydrogen-bond acceptors (Lipinski definition) is 2. The maximum atomic E-state index is 12.9. The SMILES string of the molecule is O=C(c1ccccc1C(F)(F)F)N1CCN(C(=O)C(F)(F)F)CC1. The van der Waals surface area contributed by atoms with Gasteiger partial charge >= 0.3 is 18.3 Å². The van der Waals surface area contributed by atoms with Crippen molar-refractivity contribution in [3.05, 3.63) is 35.4 Å². The molecule has 2 rings (SSSR count). The van der Waals surface area contributed by atoms with Crippen molar-refractivity contribution in [2.24, 2.45) is 0 Å². The highest BCUT2D eigenvalue weighted by atomic mass is 19.4. The first-order chi connectivity index (χ1) is 11.0. The minimum absolute atomic E-state index is 0.271. The van der Waals surface area contributed by atoms with Crippen LogP contribution in [0.15, 0.2) is 24.3 Å². The summed E-state index contributed by atoms with van der Waals surface area (Å²) in [5.74, 6) is -2.95. The molecule has 0 aromatic heterocycles. The summed E-state index contributed by atoms with van der Waals surface area (Å²) in [4.78, 5) is 24.9. The number of rotatable bonds is 1. The third-order valence-corrected chi connectivity index (χ3v) is 3.56. The third-order valence-electron chi connectivity index (χ3n) is 3.56. The summed E-state index contributed by atoms with van der Waals surface area (Å²) in [6, 6.07) is 4.18. The average Bonchev–Trinajstić information content (AvgIpc) is 2.52. The van der Waals surface area contributed by atoms with Crippen LogP contribution in [0.2, 0.25) is 0 Å². The average molecular weight is 354 g/mol. The Morgan fingerprint density at radius 2 is 1.33 bits per heavy atom. The molecule has 132 valence electrons. The van der Waals surface area contributed by atoms with Crippen LogP contribution in [0, 0.1) is 0 Å². The lowest BCUT2D eigenvalue weighted by atomic mass is 10.1. The van der Waals surface area contributed by atoms with Crippen LogP contribution >= 0.6 is 0 Å². The highest BCUT2D eigenvalue weighted by Crippen LogP contribution is 2.32. The highest BCUT2D eigenvalue weighted by Gasteiger charge is 2.43. The van der Waals surface area contributed by atoms with Gasteiger partial charge < -0.3 is 9.80 Å². The number of piperazine rings is 1. The molecule has 1 heterocycles. The zero-order valence-corrected chi connectivity index (χ0v) is 12.1. The molecule has 1 aliphatic rings. The Kier molecular flexibility index (Phi) is 4.77. The van der Waals surface area contributed by atoms with E-state index in [1.165, 1.54) is 6.07 Å². The van der Waals surface area contributed by atoms with Crippen molar-refractivity contribution < 1.29 is 35.9 Å². The number of amides is 2. The minimum Gasteiger partial charge on any atom is -0.335 e. The molecule has 24 heavy (non-hydrogen) atoms. The number of carbonyl (C=O) groups excluding carboxylic acids is 2. The van der Waals surface area contributed by atoms with Crippen LogP contribution in [0.25, 0.3) is 0 Å². The van der Waals surface area contributed by atoms with E-state index in [0.717, 1.165) is 23.1 Å².